The highest BCUT2D eigenvalue weighted by Crippen LogP contribution is 2.32. The SMILES string of the molecule is c1cc2c(s1)CCOC2CN1CCC1. The van der Waals surface area contributed by atoms with Gasteiger partial charge in [0.05, 0.1) is 12.7 Å². The molecule has 2 aliphatic heterocycles. The number of ether oxygens (including phenoxy) is 1. The van der Waals surface area contributed by atoms with Crippen LogP contribution in [-0.4, -0.2) is 31.1 Å². The molecule has 1 fully saturated rings. The highest BCUT2D eigenvalue weighted by atomic mass is 32.1. The van der Waals surface area contributed by atoms with Crippen LogP contribution in [0.25, 0.3) is 0 Å². The standard InChI is InChI=1S/C11H15NOS/c1-4-12(5-1)8-10-9-3-7-14-11(9)2-6-13-10/h3,7,10H,1-2,4-6,8H2. The first kappa shape index (κ1) is 8.89. The molecule has 2 nitrogen and oxygen atoms in total. The van der Waals surface area contributed by atoms with E-state index in [4.69, 9.17) is 4.74 Å². The third-order valence-corrected chi connectivity index (χ3v) is 4.14. The number of hydrogen-bond acceptors (Lipinski definition) is 3. The maximum atomic E-state index is 5.83. The molecule has 1 aromatic heterocycles. The molecule has 2 aliphatic rings. The highest BCUT2D eigenvalue weighted by molar-refractivity contribution is 7.10. The number of nitrogens with zero attached hydrogens (tertiary/aromatic N) is 1. The average Bonchev–Trinajstić information content (AvgIpc) is 2.59. The van der Waals surface area contributed by atoms with E-state index in [-0.39, 0.29) is 0 Å². The third-order valence-electron chi connectivity index (χ3n) is 3.15. The van der Waals surface area contributed by atoms with Gasteiger partial charge in [-0.25, -0.2) is 0 Å². The number of hydrogen-bond donors (Lipinski definition) is 0. The van der Waals surface area contributed by atoms with Crippen molar-refractivity contribution in [3.05, 3.63) is 21.9 Å². The Labute approximate surface area is 88.5 Å². The fourth-order valence-corrected chi connectivity index (χ4v) is 3.09. The van der Waals surface area contributed by atoms with E-state index in [1.807, 2.05) is 11.3 Å². The van der Waals surface area contributed by atoms with Crippen molar-refractivity contribution in [1.82, 2.24) is 4.90 Å². The van der Waals surface area contributed by atoms with Gasteiger partial charge in [0.25, 0.3) is 0 Å². The summed E-state index contributed by atoms with van der Waals surface area (Å²) in [6.45, 7) is 4.54. The molecule has 3 rings (SSSR count). The van der Waals surface area contributed by atoms with Gasteiger partial charge in [-0.2, -0.15) is 0 Å². The normalized spacial score (nSPS) is 27.0. The van der Waals surface area contributed by atoms with Gasteiger partial charge in [-0.05, 0) is 36.5 Å². The quantitative estimate of drug-likeness (QED) is 0.739. The van der Waals surface area contributed by atoms with Crippen LogP contribution in [0.15, 0.2) is 11.4 Å². The largest absolute Gasteiger partial charge is 0.372 e. The minimum Gasteiger partial charge on any atom is -0.372 e. The molecule has 0 saturated carbocycles. The van der Waals surface area contributed by atoms with Crippen LogP contribution in [0.3, 0.4) is 0 Å². The summed E-state index contributed by atoms with van der Waals surface area (Å²) >= 11 is 1.88. The first-order valence-electron chi connectivity index (χ1n) is 5.34. The van der Waals surface area contributed by atoms with Gasteiger partial charge >= 0.3 is 0 Å². The number of likely N-dealkylation sites (tertiary alicyclic amines) is 1. The molecule has 3 heteroatoms. The van der Waals surface area contributed by atoms with Crippen molar-refractivity contribution < 1.29 is 4.74 Å². The summed E-state index contributed by atoms with van der Waals surface area (Å²) in [5.74, 6) is 0. The summed E-state index contributed by atoms with van der Waals surface area (Å²) in [6, 6.07) is 2.24. The number of rotatable bonds is 2. The van der Waals surface area contributed by atoms with E-state index >= 15 is 0 Å². The first-order valence-corrected chi connectivity index (χ1v) is 6.22. The van der Waals surface area contributed by atoms with E-state index in [0.717, 1.165) is 19.6 Å². The van der Waals surface area contributed by atoms with Crippen molar-refractivity contribution in [2.24, 2.45) is 0 Å². The zero-order valence-electron chi connectivity index (χ0n) is 8.24. The lowest BCUT2D eigenvalue weighted by Crippen LogP contribution is -2.41. The van der Waals surface area contributed by atoms with Crippen molar-refractivity contribution in [2.75, 3.05) is 26.2 Å². The monoisotopic (exact) mass is 209 g/mol. The van der Waals surface area contributed by atoms with Crippen LogP contribution in [0.2, 0.25) is 0 Å². The molecule has 1 atom stereocenters. The Morgan fingerprint density at radius 2 is 2.43 bits per heavy atom. The van der Waals surface area contributed by atoms with Crippen LogP contribution >= 0.6 is 11.3 Å². The zero-order chi connectivity index (χ0) is 9.38. The molecular formula is C11H15NOS. The van der Waals surface area contributed by atoms with Gasteiger partial charge in [0.2, 0.25) is 0 Å². The van der Waals surface area contributed by atoms with Crippen molar-refractivity contribution in [1.29, 1.82) is 0 Å². The summed E-state index contributed by atoms with van der Waals surface area (Å²) in [6.07, 6.45) is 2.83. The molecule has 0 spiro atoms. The molecule has 0 radical (unpaired) electrons. The summed E-state index contributed by atoms with van der Waals surface area (Å²) in [7, 11) is 0. The molecule has 14 heavy (non-hydrogen) atoms. The topological polar surface area (TPSA) is 12.5 Å². The second kappa shape index (κ2) is 3.65. The van der Waals surface area contributed by atoms with Crippen LogP contribution in [0.4, 0.5) is 0 Å². The molecule has 0 aromatic carbocycles. The van der Waals surface area contributed by atoms with Gasteiger partial charge in [-0.3, -0.25) is 0 Å². The van der Waals surface area contributed by atoms with E-state index in [2.05, 4.69) is 16.3 Å². The van der Waals surface area contributed by atoms with Crippen molar-refractivity contribution >= 4 is 11.3 Å². The number of thiophene rings is 1. The Balaban J connectivity index is 1.74. The van der Waals surface area contributed by atoms with E-state index in [1.54, 1.807) is 4.88 Å². The molecule has 0 aliphatic carbocycles. The van der Waals surface area contributed by atoms with Crippen LogP contribution in [0.1, 0.15) is 23.0 Å². The van der Waals surface area contributed by atoms with E-state index in [9.17, 15) is 0 Å². The molecule has 0 bridgehead atoms. The second-order valence-electron chi connectivity index (χ2n) is 4.06. The summed E-state index contributed by atoms with van der Waals surface area (Å²) in [4.78, 5) is 4.03. The Hall–Kier alpha value is -0.380. The van der Waals surface area contributed by atoms with Gasteiger partial charge in [0.15, 0.2) is 0 Å². The molecule has 3 heterocycles. The predicted octanol–water partition coefficient (Wildman–Crippen LogP) is 2.07. The molecule has 1 saturated heterocycles. The van der Waals surface area contributed by atoms with E-state index < -0.39 is 0 Å². The van der Waals surface area contributed by atoms with Gasteiger partial charge in [0.1, 0.15) is 0 Å². The lowest BCUT2D eigenvalue weighted by atomic mass is 10.0. The van der Waals surface area contributed by atoms with Crippen molar-refractivity contribution in [3.8, 4) is 0 Å². The van der Waals surface area contributed by atoms with E-state index in [1.165, 1.54) is 25.1 Å². The fourth-order valence-electron chi connectivity index (χ4n) is 2.17. The predicted molar refractivity (Wildman–Crippen MR) is 57.8 cm³/mol. The Bertz CT molecular complexity index is 319. The lowest BCUT2D eigenvalue weighted by Gasteiger charge is -2.35. The molecule has 1 unspecified atom stereocenters. The van der Waals surface area contributed by atoms with Crippen molar-refractivity contribution in [2.45, 2.75) is 18.9 Å². The van der Waals surface area contributed by atoms with E-state index in [0.29, 0.717) is 6.10 Å². The molecule has 1 aromatic rings. The third kappa shape index (κ3) is 1.49. The molecule has 76 valence electrons. The highest BCUT2D eigenvalue weighted by Gasteiger charge is 2.25. The zero-order valence-corrected chi connectivity index (χ0v) is 9.05. The summed E-state index contributed by atoms with van der Waals surface area (Å²) in [5, 5.41) is 2.20. The number of fused-ring (bicyclic) bond motifs is 1. The minimum absolute atomic E-state index is 0.352. The van der Waals surface area contributed by atoms with Crippen molar-refractivity contribution in [3.63, 3.8) is 0 Å². The van der Waals surface area contributed by atoms with Crippen LogP contribution in [-0.2, 0) is 11.2 Å². The van der Waals surface area contributed by atoms with Crippen LogP contribution < -0.4 is 0 Å². The molecule has 0 N–H and O–H groups in total. The lowest BCUT2D eigenvalue weighted by molar-refractivity contribution is 0.00327. The summed E-state index contributed by atoms with van der Waals surface area (Å²) in [5.41, 5.74) is 1.45. The van der Waals surface area contributed by atoms with Gasteiger partial charge in [-0.1, -0.05) is 0 Å². The van der Waals surface area contributed by atoms with Crippen LogP contribution in [0, 0.1) is 0 Å². The smallest absolute Gasteiger partial charge is 0.0962 e. The Kier molecular flexibility index (Phi) is 2.32. The van der Waals surface area contributed by atoms with Gasteiger partial charge in [0, 0.05) is 17.8 Å². The van der Waals surface area contributed by atoms with Crippen LogP contribution in [0.5, 0.6) is 0 Å². The molecule has 0 amide bonds. The average molecular weight is 209 g/mol. The van der Waals surface area contributed by atoms with Gasteiger partial charge < -0.3 is 9.64 Å². The second-order valence-corrected chi connectivity index (χ2v) is 5.06. The molecular weight excluding hydrogens is 194 g/mol. The summed E-state index contributed by atoms with van der Waals surface area (Å²) < 4.78 is 5.83. The minimum atomic E-state index is 0.352. The first-order chi connectivity index (χ1) is 6.93. The maximum Gasteiger partial charge on any atom is 0.0962 e. The Morgan fingerprint density at radius 3 is 3.21 bits per heavy atom. The van der Waals surface area contributed by atoms with Gasteiger partial charge in [-0.15, -0.1) is 11.3 Å². The Morgan fingerprint density at radius 1 is 1.50 bits per heavy atom. The fraction of sp³-hybridized carbons (Fsp3) is 0.636. The maximum absolute atomic E-state index is 5.83.